The summed E-state index contributed by atoms with van der Waals surface area (Å²) in [4.78, 5) is 25.6. The Bertz CT molecular complexity index is 1180. The fraction of sp³-hybridized carbons (Fsp3) is 0.952. The Kier molecular flexibility index (Phi) is 54.4. The van der Waals surface area contributed by atoms with E-state index >= 15 is 0 Å². The van der Waals surface area contributed by atoms with Gasteiger partial charge in [-0.2, -0.15) is 0 Å². The number of hydrogen-bond donors (Lipinski definition) is 2. The molecule has 2 N–H and O–H groups in total. The third-order valence-corrected chi connectivity index (χ3v) is 16.0. The lowest BCUT2D eigenvalue weighted by molar-refractivity contribution is -0.870. The summed E-state index contributed by atoms with van der Waals surface area (Å²) in [6.45, 7) is 4.78. The van der Waals surface area contributed by atoms with Crippen molar-refractivity contribution >= 4 is 13.7 Å². The maximum atomic E-state index is 13.0. The van der Waals surface area contributed by atoms with Crippen LogP contribution in [0.4, 0.5) is 0 Å². The average Bonchev–Trinajstić information content (AvgIpc) is 3.34. The van der Waals surface area contributed by atoms with Crippen LogP contribution in [0.2, 0.25) is 0 Å². The van der Waals surface area contributed by atoms with Crippen LogP contribution in [-0.2, 0) is 18.4 Å². The molecule has 0 bridgehead atoms. The van der Waals surface area contributed by atoms with Crippen molar-refractivity contribution in [3.8, 4) is 0 Å². The van der Waals surface area contributed by atoms with Crippen LogP contribution < -0.4 is 10.2 Å². The lowest BCUT2D eigenvalue weighted by Gasteiger charge is -2.30. The smallest absolute Gasteiger partial charge is 0.268 e. The molecule has 0 heterocycles. The number of aliphatic hydroxyl groups is 1. The minimum absolute atomic E-state index is 0.0152. The molecule has 9 heteroatoms. The number of quaternary nitrogens is 1. The average molecular weight is 1040 g/mol. The highest BCUT2D eigenvalue weighted by Crippen LogP contribution is 2.38. The molecular weight excluding hydrogens is 912 g/mol. The number of phosphoric ester groups is 1. The second-order valence-electron chi connectivity index (χ2n) is 23.5. The van der Waals surface area contributed by atoms with Gasteiger partial charge < -0.3 is 28.8 Å². The zero-order chi connectivity index (χ0) is 52.7. The number of carbonyl (C=O) groups excluding carboxylic acids is 1. The molecule has 0 aliphatic heterocycles. The first-order chi connectivity index (χ1) is 35.0. The number of carbonyl (C=O) groups is 1. The van der Waals surface area contributed by atoms with Crippen LogP contribution in [0.1, 0.15) is 335 Å². The van der Waals surface area contributed by atoms with E-state index in [4.69, 9.17) is 9.05 Å². The lowest BCUT2D eigenvalue weighted by atomic mass is 10.0. The highest BCUT2D eigenvalue weighted by Gasteiger charge is 2.24. The molecule has 8 nitrogen and oxygen atoms in total. The van der Waals surface area contributed by atoms with Crippen molar-refractivity contribution in [2.24, 2.45) is 0 Å². The Labute approximate surface area is 450 Å². The van der Waals surface area contributed by atoms with E-state index in [0.29, 0.717) is 23.9 Å². The first kappa shape index (κ1) is 71.2. The van der Waals surface area contributed by atoms with Crippen LogP contribution in [0, 0.1) is 0 Å². The van der Waals surface area contributed by atoms with Crippen LogP contribution in [0.3, 0.4) is 0 Å². The predicted molar refractivity (Wildman–Crippen MR) is 312 cm³/mol. The normalized spacial score (nSPS) is 13.8. The molecule has 0 aromatic heterocycles. The zero-order valence-corrected chi connectivity index (χ0v) is 50.1. The van der Waals surface area contributed by atoms with E-state index in [1.54, 1.807) is 0 Å². The molecule has 0 aliphatic rings. The number of rotatable bonds is 60. The van der Waals surface area contributed by atoms with Crippen molar-refractivity contribution < 1.29 is 32.9 Å². The van der Waals surface area contributed by atoms with Crippen LogP contribution in [0.25, 0.3) is 0 Å². The number of aliphatic hydroxyl groups excluding tert-OH is 1. The number of phosphoric acid groups is 1. The highest BCUT2D eigenvalue weighted by atomic mass is 31.2. The summed E-state index contributed by atoms with van der Waals surface area (Å²) in [6.07, 6.45) is 68.3. The van der Waals surface area contributed by atoms with Gasteiger partial charge in [0.25, 0.3) is 7.82 Å². The van der Waals surface area contributed by atoms with Crippen LogP contribution in [0.5, 0.6) is 0 Å². The molecule has 72 heavy (non-hydrogen) atoms. The summed E-state index contributed by atoms with van der Waals surface area (Å²) in [5.41, 5.74) is 0. The van der Waals surface area contributed by atoms with Crippen LogP contribution in [0.15, 0.2) is 12.2 Å². The van der Waals surface area contributed by atoms with E-state index in [1.165, 1.54) is 270 Å². The number of hydrogen-bond acceptors (Lipinski definition) is 6. The van der Waals surface area contributed by atoms with Gasteiger partial charge in [0.1, 0.15) is 13.2 Å². The molecule has 3 unspecified atom stereocenters. The summed E-state index contributed by atoms with van der Waals surface area (Å²) in [7, 11) is 1.32. The van der Waals surface area contributed by atoms with E-state index in [-0.39, 0.29) is 19.1 Å². The maximum absolute atomic E-state index is 13.0. The molecule has 0 aromatic rings. The van der Waals surface area contributed by atoms with Gasteiger partial charge in [0.05, 0.1) is 39.9 Å². The Morgan fingerprint density at radius 1 is 0.472 bits per heavy atom. The standard InChI is InChI=1S/C63H127N2O6P/c1-6-8-10-12-14-16-18-20-22-24-26-28-30-32-34-36-38-40-42-44-46-48-50-52-54-56-62(66)61(60-71-72(68,69)70-59-58-65(3,4)5)64-63(67)57-55-53-51-49-47-45-43-41-39-37-35-33-31-29-27-25-23-21-19-17-15-13-11-9-7-2/h25,27,61-62,66H,6-24,26,28-60H2,1-5H3,(H-,64,67,68,69)/b27-25-. The topological polar surface area (TPSA) is 108 Å². The second kappa shape index (κ2) is 55.0. The van der Waals surface area contributed by atoms with Crippen molar-refractivity contribution in [3.63, 3.8) is 0 Å². The molecule has 1 amide bonds. The van der Waals surface area contributed by atoms with Crippen molar-refractivity contribution in [3.05, 3.63) is 12.2 Å². The van der Waals surface area contributed by atoms with E-state index in [0.717, 1.165) is 38.5 Å². The first-order valence-electron chi connectivity index (χ1n) is 32.0. The van der Waals surface area contributed by atoms with Gasteiger partial charge in [-0.05, 0) is 38.5 Å². The van der Waals surface area contributed by atoms with Gasteiger partial charge in [0.15, 0.2) is 0 Å². The van der Waals surface area contributed by atoms with Gasteiger partial charge in [-0.1, -0.05) is 302 Å². The fourth-order valence-electron chi connectivity index (χ4n) is 9.98. The largest absolute Gasteiger partial charge is 0.756 e. The number of nitrogens with one attached hydrogen (secondary N) is 1. The predicted octanol–water partition coefficient (Wildman–Crippen LogP) is 19.1. The van der Waals surface area contributed by atoms with Crippen molar-refractivity contribution in [2.45, 2.75) is 347 Å². The van der Waals surface area contributed by atoms with Crippen LogP contribution >= 0.6 is 7.82 Å². The summed E-state index contributed by atoms with van der Waals surface area (Å²) < 4.78 is 23.5. The Morgan fingerprint density at radius 3 is 1.08 bits per heavy atom. The Morgan fingerprint density at radius 2 is 0.764 bits per heavy atom. The minimum atomic E-state index is -4.57. The van der Waals surface area contributed by atoms with Crippen molar-refractivity contribution in [1.82, 2.24) is 5.32 Å². The van der Waals surface area contributed by atoms with Gasteiger partial charge in [-0.25, -0.2) is 0 Å². The summed E-state index contributed by atoms with van der Waals surface area (Å²) in [5.74, 6) is -0.158. The van der Waals surface area contributed by atoms with E-state index in [9.17, 15) is 19.4 Å². The second-order valence-corrected chi connectivity index (χ2v) is 24.9. The minimum Gasteiger partial charge on any atom is -0.756 e. The van der Waals surface area contributed by atoms with E-state index < -0.39 is 20.0 Å². The van der Waals surface area contributed by atoms with Gasteiger partial charge >= 0.3 is 0 Å². The number of allylic oxidation sites excluding steroid dienone is 2. The number of nitrogens with zero attached hydrogens (tertiary/aromatic N) is 1. The summed E-state index contributed by atoms with van der Waals surface area (Å²) >= 11 is 0. The summed E-state index contributed by atoms with van der Waals surface area (Å²) in [5, 5.41) is 14.1. The van der Waals surface area contributed by atoms with Gasteiger partial charge in [-0.15, -0.1) is 0 Å². The summed E-state index contributed by atoms with van der Waals surface area (Å²) in [6, 6.07) is -0.799. The van der Waals surface area contributed by atoms with Crippen LogP contribution in [-0.4, -0.2) is 68.5 Å². The molecule has 0 spiro atoms. The maximum Gasteiger partial charge on any atom is 0.268 e. The van der Waals surface area contributed by atoms with Crippen molar-refractivity contribution in [1.29, 1.82) is 0 Å². The fourth-order valence-corrected chi connectivity index (χ4v) is 10.7. The Hall–Kier alpha value is -0.760. The molecule has 0 saturated heterocycles. The van der Waals surface area contributed by atoms with Gasteiger partial charge in [-0.3, -0.25) is 9.36 Å². The molecule has 0 aromatic carbocycles. The number of likely N-dealkylation sites (N-methyl/N-ethyl adjacent to an activating group) is 1. The molecule has 0 saturated carbocycles. The third-order valence-electron chi connectivity index (χ3n) is 15.0. The zero-order valence-electron chi connectivity index (χ0n) is 49.2. The molecule has 430 valence electrons. The molecule has 3 atom stereocenters. The SMILES string of the molecule is CCCCCCCCCC/C=C\CCCCCCCCCCCCCCCC(=O)NC(COP(=O)([O-])OCC[N+](C)(C)C)C(O)CCCCCCCCCCCCCCCCCCCCCCCCCCC. The first-order valence-corrected chi connectivity index (χ1v) is 33.5. The lowest BCUT2D eigenvalue weighted by Crippen LogP contribution is -2.46. The quantitative estimate of drug-likeness (QED) is 0.0272. The monoisotopic (exact) mass is 1040 g/mol. The number of unbranched alkanes of at least 4 members (excludes halogenated alkanes) is 45. The molecular formula is C63H127N2O6P. The Balaban J connectivity index is 4.07. The third kappa shape index (κ3) is 57.0. The van der Waals surface area contributed by atoms with Gasteiger partial charge in [0.2, 0.25) is 5.91 Å². The van der Waals surface area contributed by atoms with E-state index in [2.05, 4.69) is 31.3 Å². The van der Waals surface area contributed by atoms with Crippen molar-refractivity contribution in [2.75, 3.05) is 40.9 Å². The number of amides is 1. The molecule has 0 radical (unpaired) electrons. The molecule has 0 fully saturated rings. The van der Waals surface area contributed by atoms with Gasteiger partial charge in [0, 0.05) is 6.42 Å². The van der Waals surface area contributed by atoms with E-state index in [1.807, 2.05) is 21.1 Å². The molecule has 0 rings (SSSR count). The highest BCUT2D eigenvalue weighted by molar-refractivity contribution is 7.45. The molecule has 0 aliphatic carbocycles.